The lowest BCUT2D eigenvalue weighted by atomic mass is 10.1. The molecule has 158 valence electrons. The number of nitrogens with zero attached hydrogens (tertiary/aromatic N) is 1. The molecule has 1 atom stereocenters. The second-order valence-corrected chi connectivity index (χ2v) is 9.02. The molecule has 0 heterocycles. The highest BCUT2D eigenvalue weighted by Gasteiger charge is 2.21. The minimum atomic E-state index is -3.56. The number of benzene rings is 2. The maximum absolute atomic E-state index is 13.0. The van der Waals surface area contributed by atoms with Crippen molar-refractivity contribution < 1.29 is 17.4 Å². The molecule has 7 heteroatoms. The molecule has 0 spiro atoms. The van der Waals surface area contributed by atoms with Gasteiger partial charge in [-0.25, -0.2) is 4.79 Å². The smallest absolute Gasteiger partial charge is 0.322 e. The summed E-state index contributed by atoms with van der Waals surface area (Å²) in [5.74, 6) is 0.181. The number of carbonyl (C=O) groups is 1. The lowest BCUT2D eigenvalue weighted by Crippen LogP contribution is -2.40. The third-order valence-corrected chi connectivity index (χ3v) is 6.10. The molecule has 0 saturated heterocycles. The lowest BCUT2D eigenvalue weighted by molar-refractivity contribution is 0.187. The molecule has 2 aromatic carbocycles. The normalized spacial score (nSPS) is 12.3. The number of nitrogens with one attached hydrogen (secondary N) is 1. The Kier molecular flexibility index (Phi) is 7.67. The fourth-order valence-corrected chi connectivity index (χ4v) is 3.41. The van der Waals surface area contributed by atoms with Crippen LogP contribution < -0.4 is 9.50 Å². The molecule has 0 fully saturated rings. The zero-order valence-corrected chi connectivity index (χ0v) is 18.5. The molecule has 0 bridgehead atoms. The van der Waals surface area contributed by atoms with Crippen LogP contribution in [-0.2, 0) is 16.7 Å². The minimum absolute atomic E-state index is 0.0377. The van der Waals surface area contributed by atoms with Crippen molar-refractivity contribution in [2.75, 3.05) is 11.1 Å². The van der Waals surface area contributed by atoms with Gasteiger partial charge in [0.15, 0.2) is 0 Å². The maximum atomic E-state index is 13.0. The van der Waals surface area contributed by atoms with Gasteiger partial charge in [-0.15, -0.1) is 0 Å². The first-order valence-corrected chi connectivity index (χ1v) is 11.4. The van der Waals surface area contributed by atoms with Crippen LogP contribution in [-0.4, -0.2) is 31.1 Å². The average Bonchev–Trinajstić information content (AvgIpc) is 2.69. The van der Waals surface area contributed by atoms with Gasteiger partial charge in [0.25, 0.3) is 0 Å². The van der Waals surface area contributed by atoms with Gasteiger partial charge in [0.05, 0.1) is 5.75 Å². The Balaban J connectivity index is 2.17. The number of para-hydroxylation sites is 1. The Bertz CT molecular complexity index is 920. The summed E-state index contributed by atoms with van der Waals surface area (Å²) < 4.78 is 28.2. The van der Waals surface area contributed by atoms with Crippen LogP contribution in [0.2, 0.25) is 0 Å². The fourth-order valence-electron chi connectivity index (χ4n) is 2.89. The molecule has 1 N–H and O–H groups in total. The third-order valence-electron chi connectivity index (χ3n) is 4.95. The van der Waals surface area contributed by atoms with Crippen LogP contribution in [0.1, 0.15) is 43.9 Å². The molecule has 0 saturated carbocycles. The summed E-state index contributed by atoms with van der Waals surface area (Å²) >= 11 is 0. The molecule has 6 nitrogen and oxygen atoms in total. The summed E-state index contributed by atoms with van der Waals surface area (Å²) in [4.78, 5) is 14.8. The van der Waals surface area contributed by atoms with E-state index < -0.39 is 10.1 Å². The zero-order valence-electron chi connectivity index (χ0n) is 17.7. The summed E-state index contributed by atoms with van der Waals surface area (Å²) in [6.45, 7) is 9.93. The number of rotatable bonds is 8. The van der Waals surface area contributed by atoms with Gasteiger partial charge in [0.1, 0.15) is 5.75 Å². The summed E-state index contributed by atoms with van der Waals surface area (Å²) in [5.41, 5.74) is 3.75. The second kappa shape index (κ2) is 9.78. The van der Waals surface area contributed by atoms with Gasteiger partial charge in [-0.3, -0.25) is 0 Å². The molecule has 0 aliphatic carbocycles. The Morgan fingerprint density at radius 2 is 1.66 bits per heavy atom. The van der Waals surface area contributed by atoms with Crippen LogP contribution in [0.3, 0.4) is 0 Å². The van der Waals surface area contributed by atoms with E-state index in [4.69, 9.17) is 4.18 Å². The largest absolute Gasteiger partial charge is 0.382 e. The van der Waals surface area contributed by atoms with Crippen LogP contribution in [0.4, 0.5) is 10.5 Å². The molecular formula is C22H30N2O4S. The first kappa shape index (κ1) is 22.7. The quantitative estimate of drug-likeness (QED) is 0.621. The van der Waals surface area contributed by atoms with Crippen LogP contribution >= 0.6 is 0 Å². The topological polar surface area (TPSA) is 75.7 Å². The summed E-state index contributed by atoms with van der Waals surface area (Å²) in [6.07, 6.45) is 0.816. The van der Waals surface area contributed by atoms with E-state index in [1.165, 1.54) is 6.92 Å². The Morgan fingerprint density at radius 1 is 1.07 bits per heavy atom. The first-order valence-electron chi connectivity index (χ1n) is 9.81. The van der Waals surface area contributed by atoms with E-state index in [1.54, 1.807) is 29.2 Å². The van der Waals surface area contributed by atoms with Crippen molar-refractivity contribution in [3.63, 3.8) is 0 Å². The fraction of sp³-hybridized carbons (Fsp3) is 0.409. The molecule has 0 aromatic heterocycles. The van der Waals surface area contributed by atoms with E-state index in [0.29, 0.717) is 6.54 Å². The number of aryl methyl sites for hydroxylation is 2. The number of hydrogen-bond acceptors (Lipinski definition) is 4. The van der Waals surface area contributed by atoms with Crippen molar-refractivity contribution in [3.05, 3.63) is 59.2 Å². The highest BCUT2D eigenvalue weighted by molar-refractivity contribution is 7.87. The number of amides is 2. The van der Waals surface area contributed by atoms with Crippen molar-refractivity contribution in [1.82, 2.24) is 4.90 Å². The molecular weight excluding hydrogens is 388 g/mol. The first-order chi connectivity index (χ1) is 13.7. The molecule has 29 heavy (non-hydrogen) atoms. The highest BCUT2D eigenvalue weighted by Crippen LogP contribution is 2.22. The van der Waals surface area contributed by atoms with Crippen molar-refractivity contribution in [3.8, 4) is 5.75 Å². The SMILES string of the molecule is CC[C@@H](C)N(Cc1ccc(OS(=O)(=O)CC)cc1)C(=O)Nc1c(C)cccc1C. The molecule has 2 aromatic rings. The van der Waals surface area contributed by atoms with Gasteiger partial charge < -0.3 is 14.4 Å². The molecule has 0 radical (unpaired) electrons. The van der Waals surface area contributed by atoms with Gasteiger partial charge in [-0.2, -0.15) is 8.42 Å². The van der Waals surface area contributed by atoms with Crippen LogP contribution in [0.5, 0.6) is 5.75 Å². The summed E-state index contributed by atoms with van der Waals surface area (Å²) in [7, 11) is -3.56. The molecule has 0 unspecified atom stereocenters. The average molecular weight is 419 g/mol. The number of carbonyl (C=O) groups excluding carboxylic acids is 1. The van der Waals surface area contributed by atoms with Crippen LogP contribution in [0.15, 0.2) is 42.5 Å². The van der Waals surface area contributed by atoms with E-state index in [1.807, 2.05) is 45.9 Å². The summed E-state index contributed by atoms with van der Waals surface area (Å²) in [5, 5.41) is 3.05. The third kappa shape index (κ3) is 6.22. The predicted molar refractivity (Wildman–Crippen MR) is 117 cm³/mol. The standard InChI is InChI=1S/C22H30N2O4S/c1-6-18(5)24(22(25)23-21-16(3)9-8-10-17(21)4)15-19-11-13-20(14-12-19)28-29(26,27)7-2/h8-14,18H,6-7,15H2,1-5H3,(H,23,25)/t18-/m1/s1. The van der Waals surface area contributed by atoms with Crippen molar-refractivity contribution in [2.45, 2.75) is 53.6 Å². The zero-order chi connectivity index (χ0) is 21.6. The van der Waals surface area contributed by atoms with Crippen LogP contribution in [0, 0.1) is 13.8 Å². The number of anilines is 1. The monoisotopic (exact) mass is 418 g/mol. The molecule has 0 aliphatic rings. The van der Waals surface area contributed by atoms with E-state index in [-0.39, 0.29) is 23.6 Å². The van der Waals surface area contributed by atoms with Gasteiger partial charge in [0.2, 0.25) is 0 Å². The van der Waals surface area contributed by atoms with Gasteiger partial charge in [-0.1, -0.05) is 37.3 Å². The van der Waals surface area contributed by atoms with E-state index in [0.717, 1.165) is 28.8 Å². The van der Waals surface area contributed by atoms with Gasteiger partial charge in [0, 0.05) is 18.3 Å². The van der Waals surface area contributed by atoms with Crippen molar-refractivity contribution in [2.24, 2.45) is 0 Å². The Morgan fingerprint density at radius 3 is 2.17 bits per heavy atom. The predicted octanol–water partition coefficient (Wildman–Crippen LogP) is 4.86. The van der Waals surface area contributed by atoms with Crippen LogP contribution in [0.25, 0.3) is 0 Å². The number of urea groups is 1. The second-order valence-electron chi connectivity index (χ2n) is 7.16. The van der Waals surface area contributed by atoms with E-state index >= 15 is 0 Å². The Hall–Kier alpha value is -2.54. The molecule has 2 amide bonds. The lowest BCUT2D eigenvalue weighted by Gasteiger charge is -2.29. The number of hydrogen-bond donors (Lipinski definition) is 1. The molecule has 0 aliphatic heterocycles. The van der Waals surface area contributed by atoms with Crippen molar-refractivity contribution >= 4 is 21.8 Å². The van der Waals surface area contributed by atoms with E-state index in [9.17, 15) is 13.2 Å². The molecule has 2 rings (SSSR count). The maximum Gasteiger partial charge on any atom is 0.322 e. The van der Waals surface area contributed by atoms with E-state index in [2.05, 4.69) is 5.32 Å². The summed E-state index contributed by atoms with van der Waals surface area (Å²) in [6, 6.07) is 12.6. The minimum Gasteiger partial charge on any atom is -0.382 e. The highest BCUT2D eigenvalue weighted by atomic mass is 32.2. The van der Waals surface area contributed by atoms with Gasteiger partial charge in [-0.05, 0) is 62.9 Å². The van der Waals surface area contributed by atoms with Gasteiger partial charge >= 0.3 is 16.1 Å². The Labute approximate surface area is 174 Å². The van der Waals surface area contributed by atoms with Crippen molar-refractivity contribution in [1.29, 1.82) is 0 Å².